The van der Waals surface area contributed by atoms with Gasteiger partial charge >= 0.3 is 0 Å². The van der Waals surface area contributed by atoms with Gasteiger partial charge in [0.05, 0.1) is 0 Å². The molecule has 0 rings (SSSR count). The molecule has 0 spiro atoms. The third kappa shape index (κ3) is 25.8. The van der Waals surface area contributed by atoms with Crippen molar-refractivity contribution in [1.82, 2.24) is 37.2 Å². The number of nitrogens with zero attached hydrogens (tertiary/aromatic N) is 4. The van der Waals surface area contributed by atoms with Crippen LogP contribution in [0.2, 0.25) is 0 Å². The molecule has 0 aliphatic rings. The molecule has 0 fully saturated rings. The first kappa shape index (κ1) is 57.2. The maximum atomic E-state index is 13.7. The Morgan fingerprint density at radius 2 is 0.672 bits per heavy atom. The number of carbonyl (C=O) groups excluding carboxylic acids is 8. The van der Waals surface area contributed by atoms with Crippen molar-refractivity contribution in [3.8, 4) is 0 Å². The van der Waals surface area contributed by atoms with Crippen LogP contribution >= 0.6 is 12.6 Å². The summed E-state index contributed by atoms with van der Waals surface area (Å²) in [6.45, 7) is 4.27. The van der Waals surface area contributed by atoms with E-state index in [2.05, 4.69) is 69.8 Å². The quantitative estimate of drug-likeness (QED) is 0.0133. The summed E-state index contributed by atoms with van der Waals surface area (Å²) in [6, 6.07) is -8.62. The summed E-state index contributed by atoms with van der Waals surface area (Å²) in [5.74, 6) is -6.99. The van der Waals surface area contributed by atoms with Crippen LogP contribution in [-0.4, -0.2) is 145 Å². The minimum atomic E-state index is -1.32. The van der Waals surface area contributed by atoms with E-state index < -0.39 is 89.6 Å². The lowest BCUT2D eigenvalue weighted by Gasteiger charge is -2.26. The highest BCUT2D eigenvalue weighted by Gasteiger charge is 2.32. The second-order valence-electron chi connectivity index (χ2n) is 14.3. The lowest BCUT2D eigenvalue weighted by molar-refractivity contribution is -0.135. The molecule has 0 saturated heterocycles. The summed E-state index contributed by atoms with van der Waals surface area (Å²) >= 11 is 4.11. The molecule has 0 bridgehead atoms. The SMILES string of the molecule is CC(=O)N[C@H](CS)C(=O)N[C@H](CCCN=C(N)N)C(=O)N[C@H](CCCN=C(N)N)C(=O)N[C@H](C)C(=O)N[C@H](CCCN=C(N)N)C(=O)N[C@H](C)C(=O)N[C@H](CCCN=C(N)N)C(N)=O. The molecule has 362 valence electrons. The van der Waals surface area contributed by atoms with E-state index in [0.717, 1.165) is 0 Å². The van der Waals surface area contributed by atoms with Gasteiger partial charge in [0, 0.05) is 38.9 Å². The number of primary amides is 1. The van der Waals surface area contributed by atoms with Gasteiger partial charge in [0.25, 0.3) is 0 Å². The molecule has 0 saturated carbocycles. The van der Waals surface area contributed by atoms with E-state index in [1.807, 2.05) is 0 Å². The van der Waals surface area contributed by atoms with Gasteiger partial charge in [-0.25, -0.2) is 0 Å². The Balaban J connectivity index is 6.25. The summed E-state index contributed by atoms with van der Waals surface area (Å²) in [6.07, 6.45) is 0.873. The minimum absolute atomic E-state index is 0.00575. The Bertz CT molecular complexity index is 1700. The molecule has 29 heteroatoms. The second kappa shape index (κ2) is 31.1. The average Bonchev–Trinajstić information content (AvgIpc) is 3.20. The normalized spacial score (nSPS) is 13.8. The number of carbonyl (C=O) groups is 8. The molecule has 0 heterocycles. The van der Waals surface area contributed by atoms with Gasteiger partial charge in [-0.05, 0) is 65.2 Å². The first-order valence-corrected chi connectivity index (χ1v) is 20.8. The Morgan fingerprint density at radius 1 is 0.406 bits per heavy atom. The van der Waals surface area contributed by atoms with E-state index >= 15 is 0 Å². The monoisotopic (exact) mass is 929 g/mol. The number of nitrogens with one attached hydrogen (secondary N) is 7. The van der Waals surface area contributed by atoms with Crippen LogP contribution in [0.25, 0.3) is 0 Å². The van der Waals surface area contributed by atoms with Gasteiger partial charge in [0.15, 0.2) is 23.8 Å². The molecule has 64 heavy (non-hydrogen) atoms. The van der Waals surface area contributed by atoms with Crippen LogP contribution in [0.1, 0.15) is 72.1 Å². The van der Waals surface area contributed by atoms with E-state index in [4.69, 9.17) is 51.6 Å². The van der Waals surface area contributed by atoms with E-state index in [-0.39, 0.29) is 101 Å². The first-order chi connectivity index (χ1) is 30.0. The molecule has 28 nitrogen and oxygen atoms in total. The average molecular weight is 929 g/mol. The molecule has 0 unspecified atom stereocenters. The number of thiol groups is 1. The van der Waals surface area contributed by atoms with Crippen molar-refractivity contribution in [3.63, 3.8) is 0 Å². The predicted octanol–water partition coefficient (Wildman–Crippen LogP) is -7.93. The highest BCUT2D eigenvalue weighted by Crippen LogP contribution is 2.07. The molecule has 7 atom stereocenters. The van der Waals surface area contributed by atoms with Crippen molar-refractivity contribution in [2.75, 3.05) is 31.9 Å². The van der Waals surface area contributed by atoms with Crippen molar-refractivity contribution < 1.29 is 38.4 Å². The van der Waals surface area contributed by atoms with Gasteiger partial charge in [-0.15, -0.1) is 0 Å². The number of amides is 8. The maximum absolute atomic E-state index is 13.7. The van der Waals surface area contributed by atoms with E-state index in [9.17, 15) is 38.4 Å². The molecular weight excluding hydrogens is 861 g/mol. The molecule has 0 radical (unpaired) electrons. The number of rotatable bonds is 31. The smallest absolute Gasteiger partial charge is 0.244 e. The molecule has 0 aromatic carbocycles. The van der Waals surface area contributed by atoms with Crippen LogP contribution in [0.5, 0.6) is 0 Å². The number of hydrogen-bond donors (Lipinski definition) is 17. The molecule has 0 aliphatic heterocycles. The van der Waals surface area contributed by atoms with E-state index in [1.165, 1.54) is 20.8 Å². The van der Waals surface area contributed by atoms with Crippen LogP contribution < -0.4 is 88.8 Å². The Kier molecular flexibility index (Phi) is 27.8. The summed E-state index contributed by atoms with van der Waals surface area (Å²) < 4.78 is 0. The number of aliphatic imine (C=N–C) groups is 4. The van der Waals surface area contributed by atoms with Gasteiger partial charge in [0.1, 0.15) is 42.3 Å². The highest BCUT2D eigenvalue weighted by atomic mass is 32.1. The maximum Gasteiger partial charge on any atom is 0.244 e. The van der Waals surface area contributed by atoms with Crippen molar-refractivity contribution in [2.24, 2.45) is 71.6 Å². The van der Waals surface area contributed by atoms with Gasteiger partial charge in [-0.2, -0.15) is 12.6 Å². The number of guanidine groups is 4. The Morgan fingerprint density at radius 3 is 0.953 bits per heavy atom. The van der Waals surface area contributed by atoms with Crippen LogP contribution in [0.15, 0.2) is 20.0 Å². The lowest BCUT2D eigenvalue weighted by atomic mass is 10.1. The topological polar surface area (TPSA) is 504 Å². The number of nitrogens with two attached hydrogens (primary N) is 9. The van der Waals surface area contributed by atoms with Gasteiger partial charge in [0.2, 0.25) is 47.3 Å². The molecule has 8 amide bonds. The molecule has 25 N–H and O–H groups in total. The zero-order chi connectivity index (χ0) is 48.9. The zero-order valence-electron chi connectivity index (χ0n) is 36.4. The lowest BCUT2D eigenvalue weighted by Crippen LogP contribution is -2.59. The van der Waals surface area contributed by atoms with Gasteiger partial charge in [-0.1, -0.05) is 0 Å². The highest BCUT2D eigenvalue weighted by molar-refractivity contribution is 7.80. The van der Waals surface area contributed by atoms with Crippen LogP contribution in [0.3, 0.4) is 0 Å². The predicted molar refractivity (Wildman–Crippen MR) is 243 cm³/mol. The summed E-state index contributed by atoms with van der Waals surface area (Å²) in [5.41, 5.74) is 48.6. The largest absolute Gasteiger partial charge is 0.370 e. The zero-order valence-corrected chi connectivity index (χ0v) is 37.3. The van der Waals surface area contributed by atoms with Crippen LogP contribution in [0.4, 0.5) is 0 Å². The third-order valence-electron chi connectivity index (χ3n) is 8.72. The standard InChI is InChI=1S/C35H68N20O8S/c1-17(26(58)52-20(25(36)57)8-4-12-45-32(37)38)49-28(60)21(9-5-13-46-33(39)40)53-27(59)18(2)50-29(61)22(10-6-14-47-34(41)42)54-30(62)23(11-7-15-48-35(43)44)55-31(63)24(16-64)51-19(3)56/h17-18,20-24,64H,4-16H2,1-3H3,(H2,36,57)(H,49,60)(H,50,61)(H,51,56)(H,52,58)(H,53,59)(H,54,62)(H,55,63)(H4,37,38,45)(H4,39,40,46)(H4,41,42,47)(H4,43,44,48)/t17-,18-,20-,21-,22-,23-,24-/m1/s1. The van der Waals surface area contributed by atoms with Crippen LogP contribution in [0, 0.1) is 0 Å². The van der Waals surface area contributed by atoms with Crippen LogP contribution in [-0.2, 0) is 38.4 Å². The van der Waals surface area contributed by atoms with Gasteiger partial charge < -0.3 is 88.8 Å². The van der Waals surface area contributed by atoms with Gasteiger partial charge in [-0.3, -0.25) is 58.3 Å². The van der Waals surface area contributed by atoms with Crippen molar-refractivity contribution in [1.29, 1.82) is 0 Å². The molecule has 0 aliphatic carbocycles. The van der Waals surface area contributed by atoms with E-state index in [1.54, 1.807) is 0 Å². The second-order valence-corrected chi connectivity index (χ2v) is 14.7. The fraction of sp³-hybridized carbons (Fsp3) is 0.657. The fourth-order valence-electron chi connectivity index (χ4n) is 5.44. The number of hydrogen-bond acceptors (Lipinski definition) is 13. The minimum Gasteiger partial charge on any atom is -0.370 e. The first-order valence-electron chi connectivity index (χ1n) is 20.2. The molecule has 0 aromatic heterocycles. The van der Waals surface area contributed by atoms with Crippen molar-refractivity contribution >= 4 is 83.7 Å². The Labute approximate surface area is 376 Å². The summed E-state index contributed by atoms with van der Waals surface area (Å²) in [7, 11) is 0. The fourth-order valence-corrected chi connectivity index (χ4v) is 5.70. The summed E-state index contributed by atoms with van der Waals surface area (Å²) in [4.78, 5) is 120. The molecule has 0 aromatic rings. The van der Waals surface area contributed by atoms with Crippen molar-refractivity contribution in [2.45, 2.75) is 114 Å². The van der Waals surface area contributed by atoms with E-state index in [0.29, 0.717) is 6.42 Å². The van der Waals surface area contributed by atoms with Crippen molar-refractivity contribution in [3.05, 3.63) is 0 Å². The summed E-state index contributed by atoms with van der Waals surface area (Å²) in [5, 5.41) is 17.6. The Hall–Kier alpha value is -6.81. The third-order valence-corrected chi connectivity index (χ3v) is 9.09. The molecular formula is C35H68N20O8S.